The molecule has 0 amide bonds. The predicted octanol–water partition coefficient (Wildman–Crippen LogP) is 2.67. The minimum atomic E-state index is -1.38. The molecule has 13 heavy (non-hydrogen) atoms. The van der Waals surface area contributed by atoms with Crippen LogP contribution in [0.25, 0.3) is 0 Å². The van der Waals surface area contributed by atoms with Crippen LogP contribution in [-0.4, -0.2) is 20.1 Å². The van der Waals surface area contributed by atoms with Crippen LogP contribution in [0.5, 0.6) is 0 Å². The Bertz CT molecular complexity index is 222. The van der Waals surface area contributed by atoms with Crippen LogP contribution in [0.2, 0.25) is 25.2 Å². The van der Waals surface area contributed by atoms with Gasteiger partial charge in [-0.25, -0.2) is 0 Å². The highest BCUT2D eigenvalue weighted by Crippen LogP contribution is 2.45. The molecule has 0 aromatic rings. The lowest BCUT2D eigenvalue weighted by Gasteiger charge is -2.48. The topological polar surface area (TPSA) is 26.3 Å². The summed E-state index contributed by atoms with van der Waals surface area (Å²) in [4.78, 5) is 11.3. The first-order chi connectivity index (χ1) is 5.64. The maximum absolute atomic E-state index is 11.3. The zero-order valence-electron chi connectivity index (χ0n) is 9.47. The summed E-state index contributed by atoms with van der Waals surface area (Å²) in [6, 6.07) is 0. The van der Waals surface area contributed by atoms with Crippen molar-refractivity contribution in [2.75, 3.05) is 0 Å². The molecule has 0 bridgehead atoms. The molecule has 0 spiro atoms. The van der Waals surface area contributed by atoms with Crippen molar-refractivity contribution in [1.82, 2.24) is 0 Å². The van der Waals surface area contributed by atoms with Crippen molar-refractivity contribution in [3.05, 3.63) is 0 Å². The van der Waals surface area contributed by atoms with Crippen molar-refractivity contribution in [3.63, 3.8) is 0 Å². The molecule has 1 rings (SSSR count). The molecule has 0 aliphatic carbocycles. The highest BCUT2D eigenvalue weighted by molar-refractivity contribution is 6.81. The highest BCUT2D eigenvalue weighted by atomic mass is 28.3. The summed E-state index contributed by atoms with van der Waals surface area (Å²) in [6.45, 7) is 13.1. The summed E-state index contributed by atoms with van der Waals surface area (Å²) in [5, 5.41) is 0. The van der Waals surface area contributed by atoms with Gasteiger partial charge in [-0.3, -0.25) is 4.79 Å². The van der Waals surface area contributed by atoms with E-state index in [1.165, 1.54) is 0 Å². The van der Waals surface area contributed by atoms with Crippen molar-refractivity contribution in [2.24, 2.45) is 5.41 Å². The van der Waals surface area contributed by atoms with Gasteiger partial charge in [0.15, 0.2) is 0 Å². The molecule has 76 valence electrons. The zero-order valence-corrected chi connectivity index (χ0v) is 10.5. The molecule has 2 nitrogen and oxygen atoms in total. The molecular weight excluding hydrogens is 180 g/mol. The Kier molecular flexibility index (Phi) is 2.35. The van der Waals surface area contributed by atoms with Gasteiger partial charge in [0, 0.05) is 0 Å². The van der Waals surface area contributed by atoms with Gasteiger partial charge in [0.05, 0.1) is 13.6 Å². The second-order valence-electron chi connectivity index (χ2n) is 6.07. The third kappa shape index (κ3) is 1.95. The Morgan fingerprint density at radius 3 is 1.85 bits per heavy atom. The number of cyclic esters (lactones) is 1. The molecular formula is C10H20O2Si. The smallest absolute Gasteiger partial charge is 0.310 e. The normalized spacial score (nSPS) is 29.5. The average molecular weight is 200 g/mol. The van der Waals surface area contributed by atoms with Crippen molar-refractivity contribution in [1.29, 1.82) is 0 Å². The van der Waals surface area contributed by atoms with E-state index in [0.717, 1.165) is 0 Å². The van der Waals surface area contributed by atoms with Gasteiger partial charge in [0.25, 0.3) is 0 Å². The van der Waals surface area contributed by atoms with Gasteiger partial charge in [-0.15, -0.1) is 0 Å². The van der Waals surface area contributed by atoms with Gasteiger partial charge in [0.1, 0.15) is 6.10 Å². The molecule has 0 N–H and O–H groups in total. The number of ether oxygens (including phenoxy) is 1. The minimum Gasteiger partial charge on any atom is -0.461 e. The Labute approximate surface area is 81.7 Å². The Morgan fingerprint density at radius 2 is 1.69 bits per heavy atom. The lowest BCUT2D eigenvalue weighted by molar-refractivity contribution is -0.180. The molecule has 0 saturated carbocycles. The van der Waals surface area contributed by atoms with Crippen molar-refractivity contribution >= 4 is 14.0 Å². The van der Waals surface area contributed by atoms with E-state index in [2.05, 4.69) is 40.4 Å². The molecule has 0 radical (unpaired) electrons. The van der Waals surface area contributed by atoms with Gasteiger partial charge in [-0.2, -0.15) is 0 Å². The number of rotatable bonds is 1. The second kappa shape index (κ2) is 2.84. The lowest BCUT2D eigenvalue weighted by atomic mass is 9.84. The van der Waals surface area contributed by atoms with Gasteiger partial charge in [0.2, 0.25) is 0 Å². The van der Waals surface area contributed by atoms with Crippen LogP contribution in [0, 0.1) is 5.41 Å². The van der Waals surface area contributed by atoms with Crippen LogP contribution in [0.15, 0.2) is 0 Å². The Morgan fingerprint density at radius 1 is 1.23 bits per heavy atom. The molecule has 0 aromatic carbocycles. The number of carbonyl (C=O) groups excluding carboxylic acids is 1. The summed E-state index contributed by atoms with van der Waals surface area (Å²) in [5.41, 5.74) is 0.297. The SMILES string of the molecule is CC(C)(C)[C@@H]1OC(=O)[C@H]1[Si](C)(C)C. The fraction of sp³-hybridized carbons (Fsp3) is 0.900. The zero-order chi connectivity index (χ0) is 10.4. The summed E-state index contributed by atoms with van der Waals surface area (Å²) < 4.78 is 5.24. The van der Waals surface area contributed by atoms with Gasteiger partial charge in [-0.1, -0.05) is 40.4 Å². The van der Waals surface area contributed by atoms with E-state index in [1.54, 1.807) is 0 Å². The molecule has 1 saturated heterocycles. The summed E-state index contributed by atoms with van der Waals surface area (Å²) >= 11 is 0. The molecule has 0 aromatic heterocycles. The van der Waals surface area contributed by atoms with Gasteiger partial charge >= 0.3 is 5.97 Å². The van der Waals surface area contributed by atoms with E-state index < -0.39 is 8.07 Å². The summed E-state index contributed by atoms with van der Waals surface area (Å²) in [6.07, 6.45) is 0.145. The molecule has 0 unspecified atom stereocenters. The van der Waals surface area contributed by atoms with Crippen LogP contribution < -0.4 is 0 Å². The van der Waals surface area contributed by atoms with Crippen LogP contribution in [0.1, 0.15) is 20.8 Å². The van der Waals surface area contributed by atoms with Crippen LogP contribution >= 0.6 is 0 Å². The minimum absolute atomic E-state index is 0.0269. The monoisotopic (exact) mass is 200 g/mol. The van der Waals surface area contributed by atoms with Gasteiger partial charge in [-0.05, 0) is 5.41 Å². The van der Waals surface area contributed by atoms with E-state index in [1.807, 2.05) is 0 Å². The first kappa shape index (κ1) is 10.8. The first-order valence-corrected chi connectivity index (χ1v) is 8.42. The van der Waals surface area contributed by atoms with E-state index in [4.69, 9.17) is 4.74 Å². The lowest BCUT2D eigenvalue weighted by Crippen LogP contribution is -2.57. The highest BCUT2D eigenvalue weighted by Gasteiger charge is 2.54. The fourth-order valence-corrected chi connectivity index (χ4v) is 4.05. The molecule has 3 heteroatoms. The summed E-state index contributed by atoms with van der Waals surface area (Å²) in [7, 11) is -1.38. The average Bonchev–Trinajstić information content (AvgIpc) is 1.75. The molecule has 1 heterocycles. The standard InChI is InChI=1S/C10H20O2Si/c1-10(2,3)8-7(9(11)12-8)13(4,5)6/h7-8H,1-6H3/t7-,8+/m0/s1. The number of hydrogen-bond donors (Lipinski definition) is 0. The van der Waals surface area contributed by atoms with E-state index in [-0.39, 0.29) is 23.0 Å². The van der Waals surface area contributed by atoms with E-state index in [9.17, 15) is 4.79 Å². The maximum Gasteiger partial charge on any atom is 0.310 e. The second-order valence-corrected chi connectivity index (χ2v) is 11.4. The maximum atomic E-state index is 11.3. The first-order valence-electron chi connectivity index (χ1n) is 4.84. The van der Waals surface area contributed by atoms with E-state index in [0.29, 0.717) is 0 Å². The fourth-order valence-electron chi connectivity index (χ4n) is 1.80. The third-order valence-electron chi connectivity index (χ3n) is 2.59. The molecule has 2 atom stereocenters. The largest absolute Gasteiger partial charge is 0.461 e. The number of esters is 1. The van der Waals surface area contributed by atoms with Crippen LogP contribution in [-0.2, 0) is 9.53 Å². The number of carbonyl (C=O) groups is 1. The molecule has 1 aliphatic rings. The van der Waals surface area contributed by atoms with Crippen LogP contribution in [0.4, 0.5) is 0 Å². The van der Waals surface area contributed by atoms with Crippen LogP contribution in [0.3, 0.4) is 0 Å². The van der Waals surface area contributed by atoms with E-state index >= 15 is 0 Å². The van der Waals surface area contributed by atoms with Gasteiger partial charge < -0.3 is 4.74 Å². The van der Waals surface area contributed by atoms with Crippen molar-refractivity contribution in [2.45, 2.75) is 52.1 Å². The van der Waals surface area contributed by atoms with Crippen molar-refractivity contribution < 1.29 is 9.53 Å². The summed E-state index contributed by atoms with van der Waals surface area (Å²) in [5.74, 6) is 0.0269. The number of hydrogen-bond acceptors (Lipinski definition) is 2. The molecule has 1 aliphatic heterocycles. The van der Waals surface area contributed by atoms with Crippen molar-refractivity contribution in [3.8, 4) is 0 Å². The quantitative estimate of drug-likeness (QED) is 0.480. The Balaban J connectivity index is 2.79. The predicted molar refractivity (Wildman–Crippen MR) is 56.4 cm³/mol. The molecule has 1 fully saturated rings. The Hall–Kier alpha value is -0.313. The third-order valence-corrected chi connectivity index (χ3v) is 4.99.